The van der Waals surface area contributed by atoms with Gasteiger partial charge in [0, 0.05) is 51.4 Å². The molecule has 2 fully saturated rings. The van der Waals surface area contributed by atoms with E-state index in [1.807, 2.05) is 12.3 Å². The highest BCUT2D eigenvalue weighted by atomic mass is 16.5. The molecule has 0 spiro atoms. The number of likely N-dealkylation sites (N-methyl/N-ethyl adjacent to an activating group) is 1. The predicted molar refractivity (Wildman–Crippen MR) is 106 cm³/mol. The van der Waals surface area contributed by atoms with E-state index in [1.165, 1.54) is 0 Å². The molecule has 2 saturated heterocycles. The van der Waals surface area contributed by atoms with Gasteiger partial charge in [-0.15, -0.1) is 0 Å². The maximum absolute atomic E-state index is 5.42. The summed E-state index contributed by atoms with van der Waals surface area (Å²) in [5.74, 6) is 3.51. The van der Waals surface area contributed by atoms with Crippen molar-refractivity contribution < 1.29 is 9.26 Å². The molecule has 0 radical (unpaired) electrons. The highest BCUT2D eigenvalue weighted by molar-refractivity contribution is 5.44. The van der Waals surface area contributed by atoms with Crippen molar-refractivity contribution in [3.8, 4) is 0 Å². The highest BCUT2D eigenvalue weighted by Gasteiger charge is 2.28. The Bertz CT molecular complexity index is 775. The van der Waals surface area contributed by atoms with Crippen molar-refractivity contribution in [2.45, 2.75) is 38.8 Å². The quantitative estimate of drug-likeness (QED) is 0.732. The second-order valence-electron chi connectivity index (χ2n) is 7.80. The fourth-order valence-electron chi connectivity index (χ4n) is 3.67. The molecule has 0 bridgehead atoms. The van der Waals surface area contributed by atoms with Crippen molar-refractivity contribution in [1.29, 1.82) is 0 Å². The Morgan fingerprint density at radius 3 is 2.79 bits per heavy atom. The Morgan fingerprint density at radius 2 is 2.04 bits per heavy atom. The van der Waals surface area contributed by atoms with Gasteiger partial charge in [0.05, 0.1) is 19.8 Å². The Morgan fingerprint density at radius 1 is 1.21 bits per heavy atom. The Kier molecular flexibility index (Phi) is 5.72. The van der Waals surface area contributed by atoms with Gasteiger partial charge in [-0.2, -0.15) is 9.97 Å². The number of likely N-dealkylation sites (tertiary alicyclic amines) is 1. The van der Waals surface area contributed by atoms with Crippen LogP contribution in [0.15, 0.2) is 16.8 Å². The van der Waals surface area contributed by atoms with E-state index in [4.69, 9.17) is 14.2 Å². The molecule has 2 aliphatic rings. The molecular formula is C19H29N7O2. The summed E-state index contributed by atoms with van der Waals surface area (Å²) in [5, 5.41) is 4.06. The first-order valence-corrected chi connectivity index (χ1v) is 10.0. The van der Waals surface area contributed by atoms with Crippen LogP contribution in [0.2, 0.25) is 0 Å². The predicted octanol–water partition coefficient (Wildman–Crippen LogP) is 1.53. The Balaban J connectivity index is 1.37. The number of hydrogen-bond acceptors (Lipinski definition) is 9. The second-order valence-corrected chi connectivity index (χ2v) is 7.80. The Labute approximate surface area is 165 Å². The van der Waals surface area contributed by atoms with Crippen LogP contribution >= 0.6 is 0 Å². The largest absolute Gasteiger partial charge is 0.378 e. The van der Waals surface area contributed by atoms with Crippen LogP contribution in [0.5, 0.6) is 0 Å². The zero-order valence-corrected chi connectivity index (χ0v) is 16.9. The standard InChI is InChI=1S/C19H29N7O2/c1-14(2)18-22-17(28-23-18)13-25-7-5-15(12-25)24(3)16-4-6-20-19(21-16)26-8-10-27-11-9-26/h4,6,14-15H,5,7-13H2,1-3H3. The molecule has 0 amide bonds. The number of anilines is 2. The SMILES string of the molecule is CC(C)c1noc(CN2CCC(N(C)c3ccnc(N4CCOCC4)n3)C2)n1. The van der Waals surface area contributed by atoms with Crippen molar-refractivity contribution in [2.24, 2.45) is 0 Å². The minimum absolute atomic E-state index is 0.286. The molecule has 4 heterocycles. The van der Waals surface area contributed by atoms with Crippen LogP contribution < -0.4 is 9.80 Å². The lowest BCUT2D eigenvalue weighted by molar-refractivity contribution is 0.122. The molecule has 2 aromatic rings. The van der Waals surface area contributed by atoms with Crippen LogP contribution in [-0.2, 0) is 11.3 Å². The van der Waals surface area contributed by atoms with E-state index < -0.39 is 0 Å². The molecule has 1 atom stereocenters. The monoisotopic (exact) mass is 387 g/mol. The van der Waals surface area contributed by atoms with Crippen LogP contribution in [0.1, 0.15) is 37.9 Å². The molecule has 152 valence electrons. The summed E-state index contributed by atoms with van der Waals surface area (Å²) in [6.07, 6.45) is 2.93. The molecule has 2 aliphatic heterocycles. The van der Waals surface area contributed by atoms with E-state index in [2.05, 4.69) is 50.7 Å². The molecule has 28 heavy (non-hydrogen) atoms. The zero-order chi connectivity index (χ0) is 19.5. The van der Waals surface area contributed by atoms with Gasteiger partial charge in [-0.25, -0.2) is 4.98 Å². The summed E-state index contributed by atoms with van der Waals surface area (Å²) in [5.41, 5.74) is 0. The molecule has 9 nitrogen and oxygen atoms in total. The molecular weight excluding hydrogens is 358 g/mol. The van der Waals surface area contributed by atoms with Crippen LogP contribution in [0, 0.1) is 0 Å². The highest BCUT2D eigenvalue weighted by Crippen LogP contribution is 2.23. The molecule has 0 N–H and O–H groups in total. The second kappa shape index (κ2) is 8.40. The first-order chi connectivity index (χ1) is 13.6. The van der Waals surface area contributed by atoms with E-state index in [-0.39, 0.29) is 5.92 Å². The van der Waals surface area contributed by atoms with Gasteiger partial charge in [-0.3, -0.25) is 4.90 Å². The first-order valence-electron chi connectivity index (χ1n) is 10.0. The Hall–Kier alpha value is -2.26. The van der Waals surface area contributed by atoms with Gasteiger partial charge in [-0.05, 0) is 12.5 Å². The van der Waals surface area contributed by atoms with Crippen molar-refractivity contribution in [2.75, 3.05) is 56.2 Å². The number of rotatable bonds is 6. The molecule has 9 heteroatoms. The van der Waals surface area contributed by atoms with Crippen LogP contribution in [-0.4, -0.2) is 77.5 Å². The minimum atomic E-state index is 0.286. The number of aromatic nitrogens is 4. The lowest BCUT2D eigenvalue weighted by atomic mass is 10.2. The van der Waals surface area contributed by atoms with E-state index in [9.17, 15) is 0 Å². The minimum Gasteiger partial charge on any atom is -0.378 e. The van der Waals surface area contributed by atoms with Crippen LogP contribution in [0.3, 0.4) is 0 Å². The molecule has 4 rings (SSSR count). The molecule has 0 aromatic carbocycles. The average Bonchev–Trinajstić information content (AvgIpc) is 3.38. The maximum Gasteiger partial charge on any atom is 0.240 e. The third-order valence-electron chi connectivity index (χ3n) is 5.44. The van der Waals surface area contributed by atoms with E-state index in [0.717, 1.165) is 63.4 Å². The maximum atomic E-state index is 5.42. The van der Waals surface area contributed by atoms with Gasteiger partial charge in [0.1, 0.15) is 5.82 Å². The lowest BCUT2D eigenvalue weighted by Crippen LogP contribution is -2.38. The van der Waals surface area contributed by atoms with Gasteiger partial charge in [0.15, 0.2) is 5.82 Å². The van der Waals surface area contributed by atoms with E-state index in [0.29, 0.717) is 18.5 Å². The smallest absolute Gasteiger partial charge is 0.240 e. The van der Waals surface area contributed by atoms with Gasteiger partial charge in [0.2, 0.25) is 11.8 Å². The molecule has 2 aromatic heterocycles. The van der Waals surface area contributed by atoms with Crippen LogP contribution in [0.25, 0.3) is 0 Å². The van der Waals surface area contributed by atoms with Crippen LogP contribution in [0.4, 0.5) is 11.8 Å². The third kappa shape index (κ3) is 4.25. The van der Waals surface area contributed by atoms with Gasteiger partial charge in [0.25, 0.3) is 0 Å². The first kappa shape index (κ1) is 19.1. The molecule has 0 saturated carbocycles. The summed E-state index contributed by atoms with van der Waals surface area (Å²) >= 11 is 0. The van der Waals surface area contributed by atoms with Gasteiger partial charge in [-0.1, -0.05) is 19.0 Å². The topological polar surface area (TPSA) is 83.7 Å². The summed E-state index contributed by atoms with van der Waals surface area (Å²) in [4.78, 5) is 20.6. The fraction of sp³-hybridized carbons (Fsp3) is 0.684. The number of morpholine rings is 1. The summed E-state index contributed by atoms with van der Waals surface area (Å²) in [6.45, 7) is 9.95. The third-order valence-corrected chi connectivity index (χ3v) is 5.44. The van der Waals surface area contributed by atoms with E-state index in [1.54, 1.807) is 0 Å². The molecule has 1 unspecified atom stereocenters. The summed E-state index contributed by atoms with van der Waals surface area (Å²) in [7, 11) is 2.11. The lowest BCUT2D eigenvalue weighted by Gasteiger charge is -2.29. The van der Waals surface area contributed by atoms with Crippen molar-refractivity contribution in [1.82, 2.24) is 25.0 Å². The number of nitrogens with zero attached hydrogens (tertiary/aromatic N) is 7. The summed E-state index contributed by atoms with van der Waals surface area (Å²) < 4.78 is 10.8. The number of hydrogen-bond donors (Lipinski definition) is 0. The average molecular weight is 387 g/mol. The zero-order valence-electron chi connectivity index (χ0n) is 16.9. The van der Waals surface area contributed by atoms with Gasteiger partial charge >= 0.3 is 0 Å². The van der Waals surface area contributed by atoms with Gasteiger partial charge < -0.3 is 19.1 Å². The number of ether oxygens (including phenoxy) is 1. The van der Waals surface area contributed by atoms with E-state index >= 15 is 0 Å². The summed E-state index contributed by atoms with van der Waals surface area (Å²) in [6, 6.07) is 2.39. The molecule has 0 aliphatic carbocycles. The fourth-order valence-corrected chi connectivity index (χ4v) is 3.67. The van der Waals surface area contributed by atoms with Crippen molar-refractivity contribution in [3.05, 3.63) is 24.0 Å². The normalized spacial score (nSPS) is 20.9. The van der Waals surface area contributed by atoms with Crippen molar-refractivity contribution >= 4 is 11.8 Å². The van der Waals surface area contributed by atoms with Crippen molar-refractivity contribution in [3.63, 3.8) is 0 Å².